The van der Waals surface area contributed by atoms with E-state index in [1.807, 2.05) is 44.2 Å². The van der Waals surface area contributed by atoms with E-state index < -0.39 is 6.04 Å². The number of carbonyl (C=O) groups is 2. The molecule has 1 saturated carbocycles. The van der Waals surface area contributed by atoms with Crippen LogP contribution in [0.4, 0.5) is 0 Å². The first-order valence-corrected chi connectivity index (χ1v) is 11.3. The molecule has 1 N–H and O–H groups in total. The molecule has 2 amide bonds. The van der Waals surface area contributed by atoms with Crippen LogP contribution >= 0.6 is 11.6 Å². The van der Waals surface area contributed by atoms with Crippen LogP contribution in [0.15, 0.2) is 42.5 Å². The summed E-state index contributed by atoms with van der Waals surface area (Å²) in [5.41, 5.74) is 3.18. The molecular weight excluding hydrogens is 412 g/mol. The molecule has 2 aromatic rings. The predicted octanol–water partition coefficient (Wildman–Crippen LogP) is 4.81. The van der Waals surface area contributed by atoms with E-state index in [0.29, 0.717) is 17.3 Å². The van der Waals surface area contributed by atoms with Gasteiger partial charge < -0.3 is 15.0 Å². The van der Waals surface area contributed by atoms with Crippen LogP contribution in [0.1, 0.15) is 49.3 Å². The Balaban J connectivity index is 1.71. The summed E-state index contributed by atoms with van der Waals surface area (Å²) in [6.45, 7) is 5.99. The molecule has 0 unspecified atom stereocenters. The van der Waals surface area contributed by atoms with E-state index in [9.17, 15) is 9.59 Å². The first-order chi connectivity index (χ1) is 14.8. The van der Waals surface area contributed by atoms with Gasteiger partial charge in [0.25, 0.3) is 5.91 Å². The number of amides is 2. The molecule has 3 rings (SSSR count). The van der Waals surface area contributed by atoms with Gasteiger partial charge in [-0.05, 0) is 74.6 Å². The lowest BCUT2D eigenvalue weighted by Crippen LogP contribution is -2.50. The van der Waals surface area contributed by atoms with E-state index >= 15 is 0 Å². The highest BCUT2D eigenvalue weighted by Gasteiger charge is 2.28. The number of aryl methyl sites for hydroxylation is 2. The van der Waals surface area contributed by atoms with Gasteiger partial charge in [0.05, 0.1) is 0 Å². The smallest absolute Gasteiger partial charge is 0.261 e. The monoisotopic (exact) mass is 442 g/mol. The van der Waals surface area contributed by atoms with E-state index in [2.05, 4.69) is 5.32 Å². The molecule has 0 radical (unpaired) electrons. The maximum Gasteiger partial charge on any atom is 0.261 e. The highest BCUT2D eigenvalue weighted by atomic mass is 35.5. The Labute approximate surface area is 189 Å². The van der Waals surface area contributed by atoms with E-state index in [4.69, 9.17) is 16.3 Å². The number of rotatable bonds is 8. The van der Waals surface area contributed by atoms with Crippen LogP contribution in [0, 0.1) is 13.8 Å². The number of ether oxygens (including phenoxy) is 1. The minimum Gasteiger partial charge on any atom is -0.484 e. The summed E-state index contributed by atoms with van der Waals surface area (Å²) in [5, 5.41) is 3.73. The van der Waals surface area contributed by atoms with E-state index in [1.54, 1.807) is 24.0 Å². The SMILES string of the molecule is Cc1ccc(OCC(=O)N(Cc2ccc(Cl)cc2)[C@@H](C)C(=O)NC2CCCC2)cc1C. The van der Waals surface area contributed by atoms with Crippen molar-refractivity contribution < 1.29 is 14.3 Å². The van der Waals surface area contributed by atoms with Crippen molar-refractivity contribution in [3.63, 3.8) is 0 Å². The Morgan fingerprint density at radius 2 is 1.77 bits per heavy atom. The standard InChI is InChI=1S/C25H31ClN2O3/c1-17-8-13-23(14-18(17)2)31-16-24(29)28(15-20-9-11-21(26)12-10-20)19(3)25(30)27-22-6-4-5-7-22/h8-14,19,22H,4-7,15-16H2,1-3H3,(H,27,30)/t19-/m0/s1. The first kappa shape index (κ1) is 23.1. The maximum atomic E-state index is 13.1. The zero-order chi connectivity index (χ0) is 22.4. The molecule has 0 bridgehead atoms. The van der Waals surface area contributed by atoms with Crippen molar-refractivity contribution >= 4 is 23.4 Å². The lowest BCUT2D eigenvalue weighted by Gasteiger charge is -2.29. The third-order valence-corrected chi connectivity index (χ3v) is 6.23. The predicted molar refractivity (Wildman–Crippen MR) is 123 cm³/mol. The number of hydrogen-bond acceptors (Lipinski definition) is 3. The van der Waals surface area contributed by atoms with Gasteiger partial charge in [0, 0.05) is 17.6 Å². The number of carbonyl (C=O) groups excluding carboxylic acids is 2. The first-order valence-electron chi connectivity index (χ1n) is 10.9. The highest BCUT2D eigenvalue weighted by Crippen LogP contribution is 2.20. The Kier molecular flexibility index (Phi) is 7.97. The van der Waals surface area contributed by atoms with Gasteiger partial charge in [0.2, 0.25) is 5.91 Å². The summed E-state index contributed by atoms with van der Waals surface area (Å²) in [6.07, 6.45) is 4.27. The second-order valence-electron chi connectivity index (χ2n) is 8.35. The minimum absolute atomic E-state index is 0.125. The molecule has 1 fully saturated rings. The number of benzene rings is 2. The summed E-state index contributed by atoms with van der Waals surface area (Å²) < 4.78 is 5.76. The van der Waals surface area contributed by atoms with Crippen LogP contribution in [0.3, 0.4) is 0 Å². The quantitative estimate of drug-likeness (QED) is 0.638. The summed E-state index contributed by atoms with van der Waals surface area (Å²) in [7, 11) is 0. The molecule has 0 saturated heterocycles. The molecule has 5 nitrogen and oxygen atoms in total. The zero-order valence-corrected chi connectivity index (χ0v) is 19.2. The molecule has 1 aliphatic carbocycles. The fourth-order valence-corrected chi connectivity index (χ4v) is 3.92. The van der Waals surface area contributed by atoms with Crippen LogP contribution in [0.5, 0.6) is 5.75 Å². The Morgan fingerprint density at radius 3 is 2.42 bits per heavy atom. The molecule has 6 heteroatoms. The third-order valence-electron chi connectivity index (χ3n) is 5.98. The van der Waals surface area contributed by atoms with Gasteiger partial charge in [-0.3, -0.25) is 9.59 Å². The maximum absolute atomic E-state index is 13.1. The van der Waals surface area contributed by atoms with Crippen LogP contribution in [-0.4, -0.2) is 35.4 Å². The van der Waals surface area contributed by atoms with Gasteiger partial charge in [-0.15, -0.1) is 0 Å². The van der Waals surface area contributed by atoms with Gasteiger partial charge >= 0.3 is 0 Å². The Hall–Kier alpha value is -2.53. The summed E-state index contributed by atoms with van der Waals surface area (Å²) in [4.78, 5) is 27.6. The molecule has 2 aromatic carbocycles. The molecule has 1 atom stereocenters. The normalized spacial score (nSPS) is 14.8. The van der Waals surface area contributed by atoms with E-state index in [0.717, 1.165) is 36.8 Å². The average Bonchev–Trinajstić information content (AvgIpc) is 3.26. The minimum atomic E-state index is -0.605. The van der Waals surface area contributed by atoms with Crippen LogP contribution in [0.25, 0.3) is 0 Å². The third kappa shape index (κ3) is 6.47. The fourth-order valence-electron chi connectivity index (χ4n) is 3.79. The van der Waals surface area contributed by atoms with E-state index in [1.165, 1.54) is 5.56 Å². The van der Waals surface area contributed by atoms with Crippen molar-refractivity contribution in [1.82, 2.24) is 10.2 Å². The van der Waals surface area contributed by atoms with Gasteiger partial charge in [0.1, 0.15) is 11.8 Å². The number of hydrogen-bond donors (Lipinski definition) is 1. The van der Waals surface area contributed by atoms with Crippen molar-refractivity contribution in [2.24, 2.45) is 0 Å². The number of nitrogens with zero attached hydrogens (tertiary/aromatic N) is 1. The number of halogens is 1. The van der Waals surface area contributed by atoms with Crippen molar-refractivity contribution in [1.29, 1.82) is 0 Å². The molecule has 0 spiro atoms. The van der Waals surface area contributed by atoms with Gasteiger partial charge in [-0.2, -0.15) is 0 Å². The van der Waals surface area contributed by atoms with Crippen molar-refractivity contribution in [2.45, 2.75) is 65.1 Å². The fraction of sp³-hybridized carbons (Fsp3) is 0.440. The van der Waals surface area contributed by atoms with Crippen LogP contribution in [0.2, 0.25) is 5.02 Å². The van der Waals surface area contributed by atoms with Gasteiger partial charge in [0.15, 0.2) is 6.61 Å². The van der Waals surface area contributed by atoms with Crippen molar-refractivity contribution in [3.8, 4) is 5.75 Å². The summed E-state index contributed by atoms with van der Waals surface area (Å²) in [5.74, 6) is 0.286. The molecule has 0 aliphatic heterocycles. The molecule has 31 heavy (non-hydrogen) atoms. The average molecular weight is 443 g/mol. The number of nitrogens with one attached hydrogen (secondary N) is 1. The largest absolute Gasteiger partial charge is 0.484 e. The van der Waals surface area contributed by atoms with Crippen LogP contribution in [-0.2, 0) is 16.1 Å². The summed E-state index contributed by atoms with van der Waals surface area (Å²) in [6, 6.07) is 12.7. The topological polar surface area (TPSA) is 58.6 Å². The lowest BCUT2D eigenvalue weighted by molar-refractivity contribution is -0.142. The van der Waals surface area contributed by atoms with E-state index in [-0.39, 0.29) is 24.5 Å². The molecule has 0 aromatic heterocycles. The molecular formula is C25H31ClN2O3. The molecule has 1 aliphatic rings. The Morgan fingerprint density at radius 1 is 1.10 bits per heavy atom. The second kappa shape index (κ2) is 10.7. The van der Waals surface area contributed by atoms with Crippen molar-refractivity contribution in [3.05, 3.63) is 64.2 Å². The summed E-state index contributed by atoms with van der Waals surface area (Å²) >= 11 is 6.00. The molecule has 166 valence electrons. The Bertz CT molecular complexity index is 907. The van der Waals surface area contributed by atoms with Crippen molar-refractivity contribution in [2.75, 3.05) is 6.61 Å². The lowest BCUT2D eigenvalue weighted by atomic mass is 10.1. The van der Waals surface area contributed by atoms with Crippen LogP contribution < -0.4 is 10.1 Å². The second-order valence-corrected chi connectivity index (χ2v) is 8.79. The molecule has 0 heterocycles. The zero-order valence-electron chi connectivity index (χ0n) is 18.5. The van der Waals surface area contributed by atoms with Gasteiger partial charge in [-0.25, -0.2) is 0 Å². The van der Waals surface area contributed by atoms with Gasteiger partial charge in [-0.1, -0.05) is 42.6 Å². The highest BCUT2D eigenvalue weighted by molar-refractivity contribution is 6.30.